The van der Waals surface area contributed by atoms with Crippen molar-refractivity contribution < 1.29 is 28.6 Å². The number of hydrogen-bond acceptors (Lipinski definition) is 6. The minimum atomic E-state index is -0.571. The lowest BCUT2D eigenvalue weighted by atomic mass is 10.1. The average Bonchev–Trinajstić information content (AvgIpc) is 3.01. The summed E-state index contributed by atoms with van der Waals surface area (Å²) in [6.07, 6.45) is 1.53. The van der Waals surface area contributed by atoms with E-state index in [1.54, 1.807) is 43.3 Å². The van der Waals surface area contributed by atoms with Gasteiger partial charge in [-0.1, -0.05) is 23.7 Å². The summed E-state index contributed by atoms with van der Waals surface area (Å²) in [5, 5.41) is 2.97. The summed E-state index contributed by atoms with van der Waals surface area (Å²) >= 11 is 5.97. The maximum absolute atomic E-state index is 12.8. The van der Waals surface area contributed by atoms with Crippen LogP contribution in [0.4, 0.5) is 10.5 Å². The second-order valence-electron chi connectivity index (χ2n) is 6.34. The van der Waals surface area contributed by atoms with Crippen molar-refractivity contribution in [1.82, 2.24) is 5.32 Å². The van der Waals surface area contributed by atoms with Crippen molar-refractivity contribution in [3.8, 4) is 11.5 Å². The molecule has 2 aromatic rings. The number of ether oxygens (including phenoxy) is 3. The van der Waals surface area contributed by atoms with Gasteiger partial charge < -0.3 is 19.5 Å². The van der Waals surface area contributed by atoms with Gasteiger partial charge in [0, 0.05) is 5.02 Å². The van der Waals surface area contributed by atoms with Crippen molar-refractivity contribution in [3.63, 3.8) is 0 Å². The second kappa shape index (κ2) is 9.99. The smallest absolute Gasteiger partial charge is 0.344 e. The minimum absolute atomic E-state index is 0.104. The molecule has 0 aliphatic carbocycles. The highest BCUT2D eigenvalue weighted by Gasteiger charge is 2.35. The SMILES string of the molecule is CCOC(=O)COc1ccc(/C=C2/NC(=O)N(c3cccc(Cl)c3)C2=O)cc1OCC. The van der Waals surface area contributed by atoms with Crippen LogP contribution < -0.4 is 19.7 Å². The Balaban J connectivity index is 1.82. The molecule has 0 saturated carbocycles. The molecule has 162 valence electrons. The molecular weight excluding hydrogens is 424 g/mol. The van der Waals surface area contributed by atoms with Crippen LogP contribution in [-0.2, 0) is 14.3 Å². The normalized spacial score (nSPS) is 14.5. The first kappa shape index (κ1) is 22.2. The molecule has 0 bridgehead atoms. The molecule has 9 heteroatoms. The first-order valence-corrected chi connectivity index (χ1v) is 9.98. The van der Waals surface area contributed by atoms with Crippen LogP contribution in [0.2, 0.25) is 5.02 Å². The second-order valence-corrected chi connectivity index (χ2v) is 6.78. The highest BCUT2D eigenvalue weighted by Crippen LogP contribution is 2.30. The van der Waals surface area contributed by atoms with Crippen LogP contribution in [0.5, 0.6) is 11.5 Å². The molecule has 3 rings (SSSR count). The van der Waals surface area contributed by atoms with E-state index < -0.39 is 17.9 Å². The van der Waals surface area contributed by atoms with Gasteiger partial charge in [0.05, 0.1) is 18.9 Å². The largest absolute Gasteiger partial charge is 0.490 e. The van der Waals surface area contributed by atoms with Gasteiger partial charge in [-0.2, -0.15) is 0 Å². The molecule has 1 heterocycles. The molecule has 0 unspecified atom stereocenters. The Bertz CT molecular complexity index is 1040. The lowest BCUT2D eigenvalue weighted by molar-refractivity contribution is -0.145. The summed E-state index contributed by atoms with van der Waals surface area (Å²) in [5.74, 6) is -0.242. The van der Waals surface area contributed by atoms with Gasteiger partial charge in [0.15, 0.2) is 18.1 Å². The van der Waals surface area contributed by atoms with Crippen LogP contribution >= 0.6 is 11.6 Å². The third-order valence-electron chi connectivity index (χ3n) is 4.17. The standard InChI is InChI=1S/C22H21ClN2O6/c1-3-29-19-11-14(8-9-18(19)31-13-20(26)30-4-2)10-17-21(27)25(22(28)24-17)16-7-5-6-15(23)12-16/h5-12H,3-4,13H2,1-2H3,(H,24,28)/b17-10+. The number of nitrogens with zero attached hydrogens (tertiary/aromatic N) is 1. The molecule has 0 radical (unpaired) electrons. The Morgan fingerprint density at radius 3 is 2.58 bits per heavy atom. The van der Waals surface area contributed by atoms with Crippen molar-refractivity contribution in [1.29, 1.82) is 0 Å². The molecular formula is C22H21ClN2O6. The number of urea groups is 1. The molecule has 2 aromatic carbocycles. The predicted molar refractivity (Wildman–Crippen MR) is 115 cm³/mol. The van der Waals surface area contributed by atoms with Crippen molar-refractivity contribution in [3.05, 3.63) is 58.7 Å². The van der Waals surface area contributed by atoms with Crippen molar-refractivity contribution in [2.45, 2.75) is 13.8 Å². The van der Waals surface area contributed by atoms with E-state index in [4.69, 9.17) is 25.8 Å². The quantitative estimate of drug-likeness (QED) is 0.378. The molecule has 0 aromatic heterocycles. The Hall–Kier alpha value is -3.52. The molecule has 1 N–H and O–H groups in total. The van der Waals surface area contributed by atoms with E-state index in [1.165, 1.54) is 12.1 Å². The molecule has 0 atom stereocenters. The zero-order valence-electron chi connectivity index (χ0n) is 17.0. The van der Waals surface area contributed by atoms with Gasteiger partial charge in [0.2, 0.25) is 0 Å². The number of amides is 3. The molecule has 0 spiro atoms. The van der Waals surface area contributed by atoms with E-state index in [-0.39, 0.29) is 18.9 Å². The zero-order valence-corrected chi connectivity index (χ0v) is 17.8. The molecule has 31 heavy (non-hydrogen) atoms. The molecule has 1 aliphatic rings. The van der Waals surface area contributed by atoms with Crippen LogP contribution in [0.1, 0.15) is 19.4 Å². The van der Waals surface area contributed by atoms with Crippen molar-refractivity contribution in [2.24, 2.45) is 0 Å². The number of carbonyl (C=O) groups is 3. The van der Waals surface area contributed by atoms with Gasteiger partial charge in [-0.15, -0.1) is 0 Å². The van der Waals surface area contributed by atoms with Crippen LogP contribution in [0, 0.1) is 0 Å². The molecule has 3 amide bonds. The summed E-state index contributed by atoms with van der Waals surface area (Å²) in [6, 6.07) is 10.8. The van der Waals surface area contributed by atoms with E-state index >= 15 is 0 Å². The van der Waals surface area contributed by atoms with Gasteiger partial charge >= 0.3 is 12.0 Å². The summed E-state index contributed by atoms with van der Waals surface area (Å²) in [5.41, 5.74) is 1.08. The van der Waals surface area contributed by atoms with Gasteiger partial charge in [0.25, 0.3) is 5.91 Å². The fourth-order valence-corrected chi connectivity index (χ4v) is 3.08. The summed E-state index contributed by atoms with van der Waals surface area (Å²) < 4.78 is 15.9. The summed E-state index contributed by atoms with van der Waals surface area (Å²) in [7, 11) is 0. The summed E-state index contributed by atoms with van der Waals surface area (Å²) in [4.78, 5) is 37.7. The lowest BCUT2D eigenvalue weighted by Gasteiger charge is -2.12. The monoisotopic (exact) mass is 444 g/mol. The number of esters is 1. The highest BCUT2D eigenvalue weighted by atomic mass is 35.5. The number of hydrogen-bond donors (Lipinski definition) is 1. The highest BCUT2D eigenvalue weighted by molar-refractivity contribution is 6.32. The fourth-order valence-electron chi connectivity index (χ4n) is 2.89. The predicted octanol–water partition coefficient (Wildman–Crippen LogP) is 3.78. The Morgan fingerprint density at radius 1 is 1.06 bits per heavy atom. The number of nitrogens with one attached hydrogen (secondary N) is 1. The van der Waals surface area contributed by atoms with Crippen LogP contribution in [-0.4, -0.2) is 37.7 Å². The van der Waals surface area contributed by atoms with Crippen molar-refractivity contribution in [2.75, 3.05) is 24.7 Å². The Morgan fingerprint density at radius 2 is 1.87 bits per heavy atom. The third-order valence-corrected chi connectivity index (χ3v) is 4.41. The molecule has 1 aliphatic heterocycles. The Labute approximate surface area is 184 Å². The number of imide groups is 1. The zero-order chi connectivity index (χ0) is 22.4. The maximum atomic E-state index is 12.8. The van der Waals surface area contributed by atoms with Crippen molar-refractivity contribution >= 4 is 41.3 Å². The van der Waals surface area contributed by atoms with Gasteiger partial charge in [-0.25, -0.2) is 14.5 Å². The van der Waals surface area contributed by atoms with Crippen LogP contribution in [0.15, 0.2) is 48.2 Å². The number of rotatable bonds is 8. The first-order valence-electron chi connectivity index (χ1n) is 9.61. The number of anilines is 1. The summed E-state index contributed by atoms with van der Waals surface area (Å²) in [6.45, 7) is 3.90. The minimum Gasteiger partial charge on any atom is -0.490 e. The number of benzene rings is 2. The van der Waals surface area contributed by atoms with E-state index in [9.17, 15) is 14.4 Å². The van der Waals surface area contributed by atoms with E-state index in [0.717, 1.165) is 4.90 Å². The maximum Gasteiger partial charge on any atom is 0.344 e. The molecule has 1 saturated heterocycles. The van der Waals surface area contributed by atoms with E-state index in [1.807, 2.05) is 6.92 Å². The number of halogens is 1. The van der Waals surface area contributed by atoms with E-state index in [0.29, 0.717) is 34.4 Å². The van der Waals surface area contributed by atoms with Crippen LogP contribution in [0.25, 0.3) is 6.08 Å². The Kier molecular flexibility index (Phi) is 7.15. The number of carbonyl (C=O) groups excluding carboxylic acids is 3. The van der Waals surface area contributed by atoms with Gasteiger partial charge in [-0.3, -0.25) is 4.79 Å². The third kappa shape index (κ3) is 5.35. The molecule has 8 nitrogen and oxygen atoms in total. The fraction of sp³-hybridized carbons (Fsp3) is 0.227. The molecule has 1 fully saturated rings. The lowest BCUT2D eigenvalue weighted by Crippen LogP contribution is -2.30. The van der Waals surface area contributed by atoms with E-state index in [2.05, 4.69) is 5.32 Å². The average molecular weight is 445 g/mol. The van der Waals surface area contributed by atoms with Crippen LogP contribution in [0.3, 0.4) is 0 Å². The first-order chi connectivity index (χ1) is 14.9. The topological polar surface area (TPSA) is 94.2 Å². The van der Waals surface area contributed by atoms with Gasteiger partial charge in [-0.05, 0) is 55.8 Å². The van der Waals surface area contributed by atoms with Gasteiger partial charge in [0.1, 0.15) is 5.70 Å².